The molecule has 3 aromatic carbocycles. The zero-order chi connectivity index (χ0) is 26.0. The lowest BCUT2D eigenvalue weighted by molar-refractivity contribution is 0.0986. The van der Waals surface area contributed by atoms with Crippen LogP contribution in [0.1, 0.15) is 35.7 Å². The lowest BCUT2D eigenvalue weighted by atomic mass is 10.1. The van der Waals surface area contributed by atoms with E-state index in [9.17, 15) is 13.2 Å². The maximum Gasteiger partial charge on any atom is 0.263 e. The summed E-state index contributed by atoms with van der Waals surface area (Å²) in [7, 11) is -2.12. The Hall–Kier alpha value is -2.26. The Balaban J connectivity index is 1.65. The van der Waals surface area contributed by atoms with E-state index in [2.05, 4.69) is 32.5 Å². The van der Waals surface area contributed by atoms with Gasteiger partial charge >= 0.3 is 0 Å². The Morgan fingerprint density at radius 1 is 1.00 bits per heavy atom. The number of fused-ring (bicyclic) bond motifs is 1. The van der Waals surface area contributed by atoms with Crippen LogP contribution in [0.4, 0.5) is 17.1 Å². The maximum absolute atomic E-state index is 13.6. The Labute approximate surface area is 230 Å². The standard InChI is InChI=1S/C26H26BrCl2N3O3S/c1-3-4-5-17-6-9-19(10-7-17)30-36(34,35)25-15-20(21(28)16-22(25)29)26(33)32-13-12-31(2)24-14-18(27)8-11-23(24)32/h6-11,14-16,30H,3-5,12-13H2,1-2H3. The van der Waals surface area contributed by atoms with Crippen LogP contribution in [-0.4, -0.2) is 34.5 Å². The number of anilines is 3. The highest BCUT2D eigenvalue weighted by Gasteiger charge is 2.30. The lowest BCUT2D eigenvalue weighted by Crippen LogP contribution is -2.42. The van der Waals surface area contributed by atoms with Gasteiger partial charge in [-0.3, -0.25) is 9.52 Å². The van der Waals surface area contributed by atoms with Gasteiger partial charge in [-0.2, -0.15) is 0 Å². The third-order valence-corrected chi connectivity index (χ3v) is 8.76. The highest BCUT2D eigenvalue weighted by atomic mass is 79.9. The van der Waals surface area contributed by atoms with Gasteiger partial charge in [0.25, 0.3) is 15.9 Å². The van der Waals surface area contributed by atoms with Crippen LogP contribution in [0.15, 0.2) is 64.0 Å². The number of hydrogen-bond donors (Lipinski definition) is 1. The van der Waals surface area contributed by atoms with Crippen LogP contribution in [-0.2, 0) is 16.4 Å². The van der Waals surface area contributed by atoms with Gasteiger partial charge in [0.05, 0.1) is 27.0 Å². The van der Waals surface area contributed by atoms with Gasteiger partial charge in [0.15, 0.2) is 0 Å². The van der Waals surface area contributed by atoms with Gasteiger partial charge in [0, 0.05) is 30.3 Å². The number of unbranched alkanes of at least 4 members (excludes halogenated alkanes) is 1. The van der Waals surface area contributed by atoms with Crippen LogP contribution >= 0.6 is 39.1 Å². The molecule has 10 heteroatoms. The van der Waals surface area contributed by atoms with Crippen molar-refractivity contribution < 1.29 is 13.2 Å². The van der Waals surface area contributed by atoms with Crippen molar-refractivity contribution in [3.05, 3.63) is 80.2 Å². The van der Waals surface area contributed by atoms with Gasteiger partial charge in [-0.15, -0.1) is 0 Å². The molecule has 190 valence electrons. The monoisotopic (exact) mass is 609 g/mol. The van der Waals surface area contributed by atoms with Gasteiger partial charge in [-0.25, -0.2) is 8.42 Å². The number of carbonyl (C=O) groups is 1. The number of halogens is 3. The second-order valence-corrected chi connectivity index (χ2v) is 12.1. The molecule has 0 spiro atoms. The summed E-state index contributed by atoms with van der Waals surface area (Å²) < 4.78 is 29.9. The number of nitrogens with zero attached hydrogens (tertiary/aromatic N) is 2. The van der Waals surface area contributed by atoms with Crippen molar-refractivity contribution in [2.75, 3.05) is 34.7 Å². The van der Waals surface area contributed by atoms with Crippen LogP contribution < -0.4 is 14.5 Å². The molecule has 1 amide bonds. The SMILES string of the molecule is CCCCc1ccc(NS(=O)(=O)c2cc(C(=O)N3CCN(C)c4cc(Br)ccc43)c(Cl)cc2Cl)cc1. The number of sulfonamides is 1. The average molecular weight is 611 g/mol. The molecule has 0 unspecified atom stereocenters. The molecule has 1 N–H and O–H groups in total. The third-order valence-electron chi connectivity index (χ3n) is 6.11. The van der Waals surface area contributed by atoms with Crippen molar-refractivity contribution in [1.29, 1.82) is 0 Å². The number of nitrogens with one attached hydrogen (secondary N) is 1. The van der Waals surface area contributed by atoms with E-state index in [4.69, 9.17) is 23.2 Å². The van der Waals surface area contributed by atoms with Crippen LogP contribution in [0.5, 0.6) is 0 Å². The lowest BCUT2D eigenvalue weighted by Gasteiger charge is -2.36. The molecular weight excluding hydrogens is 585 g/mol. The summed E-state index contributed by atoms with van der Waals surface area (Å²) in [5.74, 6) is -0.398. The van der Waals surface area contributed by atoms with E-state index in [1.165, 1.54) is 12.1 Å². The van der Waals surface area contributed by atoms with Crippen LogP contribution in [0, 0.1) is 0 Å². The molecule has 0 bridgehead atoms. The van der Waals surface area contributed by atoms with Crippen molar-refractivity contribution >= 4 is 72.1 Å². The van der Waals surface area contributed by atoms with Crippen molar-refractivity contribution in [3.8, 4) is 0 Å². The van der Waals surface area contributed by atoms with E-state index in [1.807, 2.05) is 37.4 Å². The molecule has 6 nitrogen and oxygen atoms in total. The van der Waals surface area contributed by atoms with E-state index in [-0.39, 0.29) is 20.5 Å². The Bertz CT molecular complexity index is 1400. The van der Waals surface area contributed by atoms with Crippen LogP contribution in [0.25, 0.3) is 0 Å². The van der Waals surface area contributed by atoms with Crippen molar-refractivity contribution in [1.82, 2.24) is 0 Å². The summed E-state index contributed by atoms with van der Waals surface area (Å²) >= 11 is 16.2. The summed E-state index contributed by atoms with van der Waals surface area (Å²) in [5, 5.41) is 0.0214. The fourth-order valence-corrected chi connectivity index (χ4v) is 6.37. The molecule has 0 fully saturated rings. The second kappa shape index (κ2) is 11.0. The number of amides is 1. The fraction of sp³-hybridized carbons (Fsp3) is 0.269. The van der Waals surface area contributed by atoms with E-state index >= 15 is 0 Å². The summed E-state index contributed by atoms with van der Waals surface area (Å²) in [6.07, 6.45) is 3.09. The number of likely N-dealkylation sites (N-methyl/N-ethyl adjacent to an activating group) is 1. The molecule has 1 heterocycles. The molecule has 0 saturated heterocycles. The highest BCUT2D eigenvalue weighted by Crippen LogP contribution is 2.37. The van der Waals surface area contributed by atoms with Crippen molar-refractivity contribution in [2.45, 2.75) is 31.1 Å². The Kier molecular flexibility index (Phi) is 8.19. The van der Waals surface area contributed by atoms with Crippen molar-refractivity contribution in [2.24, 2.45) is 0 Å². The molecule has 36 heavy (non-hydrogen) atoms. The maximum atomic E-state index is 13.6. The Morgan fingerprint density at radius 2 is 1.72 bits per heavy atom. The first-order valence-electron chi connectivity index (χ1n) is 11.5. The zero-order valence-corrected chi connectivity index (χ0v) is 23.8. The first-order chi connectivity index (χ1) is 17.1. The average Bonchev–Trinajstić information content (AvgIpc) is 2.83. The number of rotatable bonds is 7. The molecule has 3 aromatic rings. The van der Waals surface area contributed by atoms with Crippen molar-refractivity contribution in [3.63, 3.8) is 0 Å². The van der Waals surface area contributed by atoms with Gasteiger partial charge < -0.3 is 9.80 Å². The van der Waals surface area contributed by atoms with Gasteiger partial charge in [0.2, 0.25) is 0 Å². The van der Waals surface area contributed by atoms with E-state index < -0.39 is 15.9 Å². The first-order valence-corrected chi connectivity index (χ1v) is 14.6. The molecule has 0 saturated carbocycles. The molecule has 0 aliphatic carbocycles. The smallest absolute Gasteiger partial charge is 0.263 e. The summed E-state index contributed by atoms with van der Waals surface area (Å²) in [6, 6.07) is 15.4. The summed E-state index contributed by atoms with van der Waals surface area (Å²) in [5.41, 5.74) is 3.21. The Morgan fingerprint density at radius 3 is 2.42 bits per heavy atom. The molecule has 4 rings (SSSR count). The molecule has 0 radical (unpaired) electrons. The molecular formula is C26H26BrCl2N3O3S. The van der Waals surface area contributed by atoms with Gasteiger partial charge in [0.1, 0.15) is 4.90 Å². The number of benzene rings is 3. The normalized spacial score (nSPS) is 13.5. The quantitative estimate of drug-likeness (QED) is 0.313. The third kappa shape index (κ3) is 5.67. The topological polar surface area (TPSA) is 69.7 Å². The predicted octanol–water partition coefficient (Wildman–Crippen LogP) is 7.00. The van der Waals surface area contributed by atoms with Gasteiger partial charge in [-0.1, -0.05) is 64.6 Å². The predicted molar refractivity (Wildman–Crippen MR) is 151 cm³/mol. The van der Waals surface area contributed by atoms with E-state index in [0.29, 0.717) is 24.5 Å². The number of carbonyl (C=O) groups excluding carboxylic acids is 1. The minimum absolute atomic E-state index is 0.0636. The van der Waals surface area contributed by atoms with Crippen LogP contribution in [0.2, 0.25) is 10.0 Å². The minimum Gasteiger partial charge on any atom is -0.371 e. The fourth-order valence-electron chi connectivity index (χ4n) is 4.11. The largest absolute Gasteiger partial charge is 0.371 e. The first kappa shape index (κ1) is 26.8. The van der Waals surface area contributed by atoms with E-state index in [0.717, 1.165) is 35.0 Å². The second-order valence-electron chi connectivity index (χ2n) is 8.68. The van der Waals surface area contributed by atoms with Crippen LogP contribution in [0.3, 0.4) is 0 Å². The zero-order valence-electron chi connectivity index (χ0n) is 19.9. The molecule has 1 aliphatic heterocycles. The van der Waals surface area contributed by atoms with Gasteiger partial charge in [-0.05, 0) is 60.9 Å². The molecule has 1 aliphatic rings. The summed E-state index contributed by atoms with van der Waals surface area (Å²) in [6.45, 7) is 3.16. The molecule has 0 atom stereocenters. The highest BCUT2D eigenvalue weighted by molar-refractivity contribution is 9.10. The number of hydrogen-bond acceptors (Lipinski definition) is 4. The minimum atomic E-state index is -4.08. The number of aryl methyl sites for hydroxylation is 1. The molecule has 0 aromatic heterocycles. The van der Waals surface area contributed by atoms with E-state index in [1.54, 1.807) is 17.0 Å². The summed E-state index contributed by atoms with van der Waals surface area (Å²) in [4.78, 5) is 17.1.